The van der Waals surface area contributed by atoms with Crippen molar-refractivity contribution in [1.29, 1.82) is 0 Å². The van der Waals surface area contributed by atoms with Crippen molar-refractivity contribution in [3.05, 3.63) is 35.4 Å². The summed E-state index contributed by atoms with van der Waals surface area (Å²) in [6.45, 7) is 5.49. The number of fused-ring (bicyclic) bond motifs is 2. The molecule has 1 aromatic rings. The van der Waals surface area contributed by atoms with Crippen molar-refractivity contribution in [3.63, 3.8) is 0 Å². The number of nitrogens with zero attached hydrogens (tertiary/aromatic N) is 1. The molecular weight excluding hydrogens is 383 g/mol. The fourth-order valence-corrected chi connectivity index (χ4v) is 4.43. The molecule has 2 unspecified atom stereocenters. The molecule has 160 valence electrons. The van der Waals surface area contributed by atoms with Gasteiger partial charge in [-0.25, -0.2) is 4.79 Å². The highest BCUT2D eigenvalue weighted by molar-refractivity contribution is 5.82. The van der Waals surface area contributed by atoms with Crippen LogP contribution in [-0.2, 0) is 22.1 Å². The van der Waals surface area contributed by atoms with Gasteiger partial charge < -0.3 is 9.64 Å². The first-order valence-electron chi connectivity index (χ1n) is 10.1. The quantitative estimate of drug-likeness (QED) is 0.668. The number of carbonyl (C=O) groups excluding carboxylic acids is 2. The summed E-state index contributed by atoms with van der Waals surface area (Å²) in [5.74, 6) is -0.0693. The highest BCUT2D eigenvalue weighted by atomic mass is 19.4. The number of amides is 1. The fourth-order valence-electron chi connectivity index (χ4n) is 4.43. The van der Waals surface area contributed by atoms with Gasteiger partial charge in [-0.05, 0) is 64.5 Å². The van der Waals surface area contributed by atoms with Gasteiger partial charge in [-0.1, -0.05) is 18.2 Å². The minimum absolute atomic E-state index is 0.00565. The van der Waals surface area contributed by atoms with Crippen molar-refractivity contribution in [3.8, 4) is 0 Å². The lowest BCUT2D eigenvalue weighted by Crippen LogP contribution is -2.49. The van der Waals surface area contributed by atoms with E-state index in [0.29, 0.717) is 24.8 Å². The third-order valence-electron chi connectivity index (χ3n) is 5.71. The van der Waals surface area contributed by atoms with Gasteiger partial charge in [0.15, 0.2) is 0 Å². The average Bonchev–Trinajstić information content (AvgIpc) is 2.88. The Hall–Kier alpha value is -2.05. The van der Waals surface area contributed by atoms with Gasteiger partial charge in [0.1, 0.15) is 11.4 Å². The first kappa shape index (κ1) is 21.7. The summed E-state index contributed by atoms with van der Waals surface area (Å²) in [6.07, 6.45) is -1.24. The van der Waals surface area contributed by atoms with E-state index in [1.807, 2.05) is 20.8 Å². The Kier molecular flexibility index (Phi) is 5.97. The van der Waals surface area contributed by atoms with E-state index in [4.69, 9.17) is 4.74 Å². The largest absolute Gasteiger partial charge is 0.444 e. The minimum atomic E-state index is -4.38. The Balaban J connectivity index is 1.57. The lowest BCUT2D eigenvalue weighted by atomic mass is 9.85. The van der Waals surface area contributed by atoms with Crippen LogP contribution in [0.5, 0.6) is 0 Å². The number of rotatable bonds is 4. The average molecular weight is 411 g/mol. The topological polar surface area (TPSA) is 46.6 Å². The molecule has 0 saturated carbocycles. The molecule has 2 fully saturated rings. The van der Waals surface area contributed by atoms with Gasteiger partial charge in [-0.3, -0.25) is 4.79 Å². The van der Waals surface area contributed by atoms with Gasteiger partial charge in [0, 0.05) is 24.4 Å². The number of ether oxygens (including phenoxy) is 1. The maximum Gasteiger partial charge on any atom is 0.416 e. The molecular formula is C22H28F3NO3. The molecule has 3 rings (SSSR count). The first-order valence-corrected chi connectivity index (χ1v) is 10.1. The first-order chi connectivity index (χ1) is 13.4. The summed E-state index contributed by atoms with van der Waals surface area (Å²) < 4.78 is 44.0. The van der Waals surface area contributed by atoms with Gasteiger partial charge in [-0.15, -0.1) is 0 Å². The van der Waals surface area contributed by atoms with Crippen LogP contribution in [-0.4, -0.2) is 34.5 Å². The lowest BCUT2D eigenvalue weighted by Gasteiger charge is -2.39. The van der Waals surface area contributed by atoms with Crippen LogP contribution in [0.1, 0.15) is 64.0 Å². The lowest BCUT2D eigenvalue weighted by molar-refractivity contribution is -0.137. The monoisotopic (exact) mass is 411 g/mol. The van der Waals surface area contributed by atoms with Gasteiger partial charge in [0.05, 0.1) is 5.56 Å². The number of benzene rings is 1. The van der Waals surface area contributed by atoms with Crippen LogP contribution < -0.4 is 0 Å². The molecule has 0 radical (unpaired) electrons. The van der Waals surface area contributed by atoms with E-state index in [-0.39, 0.29) is 36.3 Å². The SMILES string of the molecule is CC(C)(C)OC(=O)N1C2CCC1CC(C(=O)CCc1cccc(C(F)(F)F)c1)C2. The van der Waals surface area contributed by atoms with Gasteiger partial charge in [-0.2, -0.15) is 13.2 Å². The van der Waals surface area contributed by atoms with E-state index >= 15 is 0 Å². The molecule has 7 heteroatoms. The number of hydrogen-bond acceptors (Lipinski definition) is 3. The van der Waals surface area contributed by atoms with E-state index in [2.05, 4.69) is 0 Å². The summed E-state index contributed by atoms with van der Waals surface area (Å²) in [4.78, 5) is 27.0. The summed E-state index contributed by atoms with van der Waals surface area (Å²) in [6, 6.07) is 5.16. The van der Waals surface area contributed by atoms with Crippen LogP contribution in [0.15, 0.2) is 24.3 Å². The second-order valence-electron chi connectivity index (χ2n) is 9.11. The summed E-state index contributed by atoms with van der Waals surface area (Å²) >= 11 is 0. The predicted molar refractivity (Wildman–Crippen MR) is 102 cm³/mol. The molecule has 1 aromatic carbocycles. The van der Waals surface area contributed by atoms with Crippen LogP contribution in [0, 0.1) is 5.92 Å². The highest BCUT2D eigenvalue weighted by Crippen LogP contribution is 2.40. The molecule has 0 spiro atoms. The highest BCUT2D eigenvalue weighted by Gasteiger charge is 2.46. The van der Waals surface area contributed by atoms with Crippen LogP contribution in [0.2, 0.25) is 0 Å². The second-order valence-corrected chi connectivity index (χ2v) is 9.11. The number of aryl methyl sites for hydroxylation is 1. The molecule has 1 amide bonds. The third-order valence-corrected chi connectivity index (χ3v) is 5.71. The van der Waals surface area contributed by atoms with Crippen LogP contribution >= 0.6 is 0 Å². The van der Waals surface area contributed by atoms with Gasteiger partial charge >= 0.3 is 12.3 Å². The maximum absolute atomic E-state index is 12.8. The molecule has 2 heterocycles. The fraction of sp³-hybridized carbons (Fsp3) is 0.636. The normalized spacial score (nSPS) is 24.5. The number of halogens is 3. The van der Waals surface area contributed by atoms with Crippen molar-refractivity contribution in [2.24, 2.45) is 5.92 Å². The Morgan fingerprint density at radius 2 is 1.72 bits per heavy atom. The number of Topliss-reactive ketones (excluding diaryl/α,β-unsaturated/α-hetero) is 1. The Bertz CT molecular complexity index is 755. The van der Waals surface area contributed by atoms with E-state index in [1.54, 1.807) is 11.0 Å². The molecule has 2 aliphatic heterocycles. The Morgan fingerprint density at radius 1 is 1.10 bits per heavy atom. The Labute approximate surface area is 169 Å². The molecule has 29 heavy (non-hydrogen) atoms. The summed E-state index contributed by atoms with van der Waals surface area (Å²) in [5, 5.41) is 0. The van der Waals surface area contributed by atoms with Crippen molar-refractivity contribution in [1.82, 2.24) is 4.90 Å². The zero-order valence-corrected chi connectivity index (χ0v) is 17.1. The maximum atomic E-state index is 12.8. The summed E-state index contributed by atoms with van der Waals surface area (Å²) in [7, 11) is 0. The van der Waals surface area contributed by atoms with Gasteiger partial charge in [0.25, 0.3) is 0 Å². The van der Waals surface area contributed by atoms with Crippen molar-refractivity contribution in [2.75, 3.05) is 0 Å². The van der Waals surface area contributed by atoms with Gasteiger partial charge in [0.2, 0.25) is 0 Å². The molecule has 2 bridgehead atoms. The van der Waals surface area contributed by atoms with Crippen LogP contribution in [0.4, 0.5) is 18.0 Å². The molecule has 4 nitrogen and oxygen atoms in total. The number of piperidine rings is 1. The third kappa shape index (κ3) is 5.31. The smallest absolute Gasteiger partial charge is 0.416 e. The van der Waals surface area contributed by atoms with Crippen LogP contribution in [0.25, 0.3) is 0 Å². The molecule has 0 aliphatic carbocycles. The molecule has 0 aromatic heterocycles. The minimum Gasteiger partial charge on any atom is -0.444 e. The number of carbonyl (C=O) groups is 2. The number of alkyl halides is 3. The van der Waals surface area contributed by atoms with E-state index in [1.165, 1.54) is 6.07 Å². The number of ketones is 1. The van der Waals surface area contributed by atoms with Crippen molar-refractivity contribution >= 4 is 11.9 Å². The van der Waals surface area contributed by atoms with E-state index < -0.39 is 17.3 Å². The van der Waals surface area contributed by atoms with E-state index in [0.717, 1.165) is 25.0 Å². The van der Waals surface area contributed by atoms with Crippen molar-refractivity contribution < 1.29 is 27.5 Å². The van der Waals surface area contributed by atoms with Crippen LogP contribution in [0.3, 0.4) is 0 Å². The molecule has 0 N–H and O–H groups in total. The van der Waals surface area contributed by atoms with E-state index in [9.17, 15) is 22.8 Å². The van der Waals surface area contributed by atoms with Crippen molar-refractivity contribution in [2.45, 2.75) is 83.2 Å². The number of hydrogen-bond donors (Lipinski definition) is 0. The molecule has 2 aliphatic rings. The zero-order chi connectivity index (χ0) is 21.4. The standard InChI is InChI=1S/C22H28F3NO3/c1-21(2,3)29-20(28)26-17-8-9-18(26)13-15(12-17)19(27)10-7-14-5-4-6-16(11-14)22(23,24)25/h4-6,11,15,17-18H,7-10,12-13H2,1-3H3. The second kappa shape index (κ2) is 8.00. The molecule has 2 saturated heterocycles. The zero-order valence-electron chi connectivity index (χ0n) is 17.1. The summed E-state index contributed by atoms with van der Waals surface area (Å²) in [5.41, 5.74) is -0.734. The Morgan fingerprint density at radius 3 is 2.28 bits per heavy atom. The predicted octanol–water partition coefficient (Wildman–Crippen LogP) is 5.39. The molecule has 2 atom stereocenters.